The number of nitrogens with one attached hydrogen (secondary N) is 1. The predicted molar refractivity (Wildman–Crippen MR) is 138 cm³/mol. The lowest BCUT2D eigenvalue weighted by atomic mass is 10.0. The molecule has 0 unspecified atom stereocenters. The minimum Gasteiger partial charge on any atom is -0.493 e. The molecule has 1 aliphatic rings. The highest BCUT2D eigenvalue weighted by Gasteiger charge is 2.27. The van der Waals surface area contributed by atoms with Crippen LogP contribution in [0.3, 0.4) is 0 Å². The lowest BCUT2D eigenvalue weighted by Crippen LogP contribution is -2.32. The number of anilines is 1. The number of carbonyl (C=O) groups is 1. The van der Waals surface area contributed by atoms with Crippen molar-refractivity contribution in [1.82, 2.24) is 5.32 Å². The molecule has 0 aliphatic carbocycles. The van der Waals surface area contributed by atoms with Crippen molar-refractivity contribution in [2.75, 3.05) is 25.6 Å². The van der Waals surface area contributed by atoms with Crippen molar-refractivity contribution in [3.05, 3.63) is 81.1 Å². The number of hydrogen-bond donors (Lipinski definition) is 1. The van der Waals surface area contributed by atoms with Crippen LogP contribution in [0.5, 0.6) is 5.75 Å². The first kappa shape index (κ1) is 22.1. The third-order valence-electron chi connectivity index (χ3n) is 5.78. The van der Waals surface area contributed by atoms with E-state index < -0.39 is 0 Å². The Morgan fingerprint density at radius 1 is 1.06 bits per heavy atom. The maximum atomic E-state index is 13.6. The number of para-hydroxylation sites is 1. The molecular formula is C26H22Cl2N2O2S. The van der Waals surface area contributed by atoms with Gasteiger partial charge in [-0.3, -0.25) is 4.79 Å². The van der Waals surface area contributed by atoms with Crippen molar-refractivity contribution in [3.63, 3.8) is 0 Å². The van der Waals surface area contributed by atoms with Crippen LogP contribution >= 0.6 is 34.5 Å². The molecule has 0 radical (unpaired) electrons. The SMILES string of the molecule is CN(C)c1c(C(=O)N[C@H]2CCOc3ccccc32)sc2c(-c3cc(Cl)cc(Cl)c3)cccc12. The van der Waals surface area contributed by atoms with E-state index in [0.29, 0.717) is 21.5 Å². The smallest absolute Gasteiger partial charge is 0.264 e. The topological polar surface area (TPSA) is 41.6 Å². The average molecular weight is 497 g/mol. The number of benzene rings is 3. The zero-order valence-electron chi connectivity index (χ0n) is 18.2. The minimum atomic E-state index is -0.0890. The quantitative estimate of drug-likeness (QED) is 0.324. The second-order valence-electron chi connectivity index (χ2n) is 8.22. The first-order valence-electron chi connectivity index (χ1n) is 10.6. The number of ether oxygens (including phenoxy) is 1. The molecule has 3 aromatic carbocycles. The van der Waals surface area contributed by atoms with Crippen molar-refractivity contribution < 1.29 is 9.53 Å². The number of amides is 1. The van der Waals surface area contributed by atoms with Crippen LogP contribution in [0.15, 0.2) is 60.7 Å². The monoisotopic (exact) mass is 496 g/mol. The van der Waals surface area contributed by atoms with E-state index in [1.165, 1.54) is 11.3 Å². The molecule has 33 heavy (non-hydrogen) atoms. The summed E-state index contributed by atoms with van der Waals surface area (Å²) in [5.74, 6) is 0.745. The van der Waals surface area contributed by atoms with E-state index in [1.54, 1.807) is 6.07 Å². The molecule has 0 bridgehead atoms. The van der Waals surface area contributed by atoms with Gasteiger partial charge >= 0.3 is 0 Å². The van der Waals surface area contributed by atoms with Gasteiger partial charge in [-0.15, -0.1) is 11.3 Å². The van der Waals surface area contributed by atoms with E-state index in [-0.39, 0.29) is 11.9 Å². The van der Waals surface area contributed by atoms with Crippen molar-refractivity contribution in [2.45, 2.75) is 12.5 Å². The molecular weight excluding hydrogens is 475 g/mol. The molecule has 0 spiro atoms. The van der Waals surface area contributed by atoms with E-state index in [0.717, 1.165) is 44.6 Å². The predicted octanol–water partition coefficient (Wildman–Crippen LogP) is 7.19. The van der Waals surface area contributed by atoms with E-state index in [4.69, 9.17) is 27.9 Å². The molecule has 1 aromatic heterocycles. The van der Waals surface area contributed by atoms with E-state index in [2.05, 4.69) is 11.4 Å². The van der Waals surface area contributed by atoms with Crippen LogP contribution in [0.2, 0.25) is 10.0 Å². The summed E-state index contributed by atoms with van der Waals surface area (Å²) in [5, 5.41) is 5.43. The highest BCUT2D eigenvalue weighted by Crippen LogP contribution is 2.44. The van der Waals surface area contributed by atoms with E-state index in [1.807, 2.05) is 67.5 Å². The van der Waals surface area contributed by atoms with Crippen LogP contribution in [0.1, 0.15) is 27.7 Å². The molecule has 0 saturated heterocycles. The number of nitrogens with zero attached hydrogens (tertiary/aromatic N) is 1. The number of thiophene rings is 1. The van der Waals surface area contributed by atoms with Gasteiger partial charge in [0.2, 0.25) is 0 Å². The normalized spacial score (nSPS) is 15.1. The average Bonchev–Trinajstić information content (AvgIpc) is 3.19. The van der Waals surface area contributed by atoms with Gasteiger partial charge in [-0.25, -0.2) is 0 Å². The van der Waals surface area contributed by atoms with Crippen molar-refractivity contribution in [1.29, 1.82) is 0 Å². The molecule has 0 saturated carbocycles. The van der Waals surface area contributed by atoms with Crippen molar-refractivity contribution in [2.24, 2.45) is 0 Å². The number of halogens is 2. The highest BCUT2D eigenvalue weighted by atomic mass is 35.5. The fraction of sp³-hybridized carbons (Fsp3) is 0.192. The molecule has 1 N–H and O–H groups in total. The third-order valence-corrected chi connectivity index (χ3v) is 7.44. The zero-order valence-corrected chi connectivity index (χ0v) is 20.5. The van der Waals surface area contributed by atoms with Crippen LogP contribution in [0.25, 0.3) is 21.2 Å². The Kier molecular flexibility index (Phi) is 5.95. The number of hydrogen-bond acceptors (Lipinski definition) is 4. The fourth-order valence-electron chi connectivity index (χ4n) is 4.36. The first-order valence-corrected chi connectivity index (χ1v) is 12.2. The van der Waals surface area contributed by atoms with Gasteiger partial charge in [-0.05, 0) is 35.4 Å². The first-order chi connectivity index (χ1) is 15.9. The highest BCUT2D eigenvalue weighted by molar-refractivity contribution is 7.22. The van der Waals surface area contributed by atoms with Crippen molar-refractivity contribution in [3.8, 4) is 16.9 Å². The Labute approximate surface area is 206 Å². The van der Waals surface area contributed by atoms with E-state index >= 15 is 0 Å². The second kappa shape index (κ2) is 8.90. The third kappa shape index (κ3) is 4.17. The maximum Gasteiger partial charge on any atom is 0.264 e. The van der Waals surface area contributed by atoms with Crippen LogP contribution < -0.4 is 15.0 Å². The summed E-state index contributed by atoms with van der Waals surface area (Å²) in [4.78, 5) is 16.2. The summed E-state index contributed by atoms with van der Waals surface area (Å²) >= 11 is 14.0. The van der Waals surface area contributed by atoms with Gasteiger partial charge < -0.3 is 15.0 Å². The van der Waals surface area contributed by atoms with E-state index in [9.17, 15) is 4.79 Å². The Balaban J connectivity index is 1.59. The largest absolute Gasteiger partial charge is 0.493 e. The number of fused-ring (bicyclic) bond motifs is 2. The molecule has 0 fully saturated rings. The lowest BCUT2D eigenvalue weighted by molar-refractivity contribution is 0.0929. The summed E-state index contributed by atoms with van der Waals surface area (Å²) in [6.45, 7) is 0.578. The molecule has 1 aliphatic heterocycles. The van der Waals surface area contributed by atoms with Crippen molar-refractivity contribution >= 4 is 56.2 Å². The van der Waals surface area contributed by atoms with Gasteiger partial charge in [-0.1, -0.05) is 59.6 Å². The zero-order chi connectivity index (χ0) is 23.1. The summed E-state index contributed by atoms with van der Waals surface area (Å²) in [5.41, 5.74) is 3.84. The molecule has 2 heterocycles. The van der Waals surface area contributed by atoms with Gasteiger partial charge in [0, 0.05) is 46.2 Å². The summed E-state index contributed by atoms with van der Waals surface area (Å²) in [7, 11) is 3.93. The Morgan fingerprint density at radius 2 is 1.82 bits per heavy atom. The van der Waals surface area contributed by atoms with Crippen LogP contribution in [-0.2, 0) is 0 Å². The van der Waals surface area contributed by atoms with Crippen LogP contribution in [-0.4, -0.2) is 26.6 Å². The standard InChI is InChI=1S/C26H22Cl2N2O2S/c1-30(2)23-20-8-5-7-18(15-12-16(27)14-17(28)13-15)24(20)33-25(23)26(31)29-21-10-11-32-22-9-4-3-6-19(21)22/h3-9,12-14,21H,10-11H2,1-2H3,(H,29,31)/t21-/m0/s1. The molecule has 7 heteroatoms. The van der Waals surface area contributed by atoms with Crippen LogP contribution in [0.4, 0.5) is 5.69 Å². The Bertz CT molecular complexity index is 1350. The number of carbonyl (C=O) groups excluding carboxylic acids is 1. The lowest BCUT2D eigenvalue weighted by Gasteiger charge is -2.26. The number of rotatable bonds is 4. The molecule has 168 valence electrons. The summed E-state index contributed by atoms with van der Waals surface area (Å²) < 4.78 is 6.78. The van der Waals surface area contributed by atoms with Gasteiger partial charge in [-0.2, -0.15) is 0 Å². The Morgan fingerprint density at radius 3 is 2.58 bits per heavy atom. The van der Waals surface area contributed by atoms with Gasteiger partial charge in [0.25, 0.3) is 5.91 Å². The fourth-order valence-corrected chi connectivity index (χ4v) is 6.20. The van der Waals surface area contributed by atoms with Crippen LogP contribution in [0, 0.1) is 0 Å². The molecule has 5 rings (SSSR count). The summed E-state index contributed by atoms with van der Waals surface area (Å²) in [6, 6.07) is 19.4. The van der Waals surface area contributed by atoms with Gasteiger partial charge in [0.1, 0.15) is 10.6 Å². The molecule has 4 nitrogen and oxygen atoms in total. The maximum absolute atomic E-state index is 13.6. The van der Waals surface area contributed by atoms with Gasteiger partial charge in [0.05, 0.1) is 18.3 Å². The minimum absolute atomic E-state index is 0.0864. The Hall–Kier alpha value is -2.73. The molecule has 4 aromatic rings. The molecule has 1 atom stereocenters. The van der Waals surface area contributed by atoms with Gasteiger partial charge in [0.15, 0.2) is 0 Å². The second-order valence-corrected chi connectivity index (χ2v) is 10.1. The summed E-state index contributed by atoms with van der Waals surface area (Å²) in [6.07, 6.45) is 0.733. The molecule has 1 amide bonds.